The number of aromatic nitrogens is 4. The maximum absolute atomic E-state index is 16.1. The second kappa shape index (κ2) is 25.5. The molecule has 2 aliphatic rings. The number of hydrogen-bond acceptors (Lipinski definition) is 7. The number of unbranched alkanes of at least 4 members (excludes halogenated alkanes) is 12. The largest absolute Gasteiger partial charge is 0.457 e. The number of nitrogens with zero attached hydrogens (tertiary/aromatic N) is 6. The summed E-state index contributed by atoms with van der Waals surface area (Å²) < 4.78 is 38.6. The average molecular weight is 857 g/mol. The van der Waals surface area contributed by atoms with E-state index in [0.29, 0.717) is 24.0 Å². The summed E-state index contributed by atoms with van der Waals surface area (Å²) in [6, 6.07) is 10.1. The highest BCUT2D eigenvalue weighted by atomic mass is 19.1. The van der Waals surface area contributed by atoms with Crippen molar-refractivity contribution < 1.29 is 13.5 Å². The molecule has 2 aromatic carbocycles. The summed E-state index contributed by atoms with van der Waals surface area (Å²) >= 11 is 0. The molecule has 0 spiro atoms. The number of aryl methyl sites for hydroxylation is 2. The third kappa shape index (κ3) is 14.1. The molecule has 2 aromatic heterocycles. The summed E-state index contributed by atoms with van der Waals surface area (Å²) in [6.45, 7) is 4.50. The van der Waals surface area contributed by atoms with Gasteiger partial charge in [-0.2, -0.15) is 10.5 Å². The van der Waals surface area contributed by atoms with Crippen molar-refractivity contribution in [3.05, 3.63) is 106 Å². The van der Waals surface area contributed by atoms with E-state index in [1.165, 1.54) is 113 Å². The molecule has 336 valence electrons. The van der Waals surface area contributed by atoms with Crippen LogP contribution in [0.15, 0.2) is 49.1 Å². The van der Waals surface area contributed by atoms with E-state index in [0.717, 1.165) is 75.9 Å². The highest BCUT2D eigenvalue weighted by Gasteiger charge is 2.30. The highest BCUT2D eigenvalue weighted by Crippen LogP contribution is 2.42. The van der Waals surface area contributed by atoms with E-state index in [9.17, 15) is 10.5 Å². The number of ether oxygens (including phenoxy) is 1. The molecule has 0 radical (unpaired) electrons. The lowest BCUT2D eigenvalue weighted by molar-refractivity contribution is 0.308. The lowest BCUT2D eigenvalue weighted by Gasteiger charge is -2.29. The normalized spacial score (nSPS) is 18.8. The van der Waals surface area contributed by atoms with Crippen LogP contribution in [-0.4, -0.2) is 19.9 Å². The molecular weight excluding hydrogens is 787 g/mol. The first kappa shape index (κ1) is 47.7. The van der Waals surface area contributed by atoms with Crippen LogP contribution in [0.25, 0.3) is 0 Å². The summed E-state index contributed by atoms with van der Waals surface area (Å²) in [6.07, 6.45) is 35.9. The Hall–Kier alpha value is -4.76. The average Bonchev–Trinajstić information content (AvgIpc) is 3.31. The van der Waals surface area contributed by atoms with Crippen molar-refractivity contribution in [1.29, 1.82) is 10.5 Å². The molecule has 0 saturated heterocycles. The third-order valence-electron chi connectivity index (χ3n) is 13.9. The van der Waals surface area contributed by atoms with E-state index in [1.54, 1.807) is 12.1 Å². The van der Waals surface area contributed by atoms with Crippen molar-refractivity contribution in [3.8, 4) is 23.6 Å². The lowest BCUT2D eigenvalue weighted by atomic mass is 9.78. The zero-order valence-corrected chi connectivity index (χ0v) is 38.2. The minimum absolute atomic E-state index is 0.0363. The van der Waals surface area contributed by atoms with Crippen molar-refractivity contribution in [2.45, 2.75) is 193 Å². The molecule has 63 heavy (non-hydrogen) atoms. The number of hydrogen-bond donors (Lipinski definition) is 0. The van der Waals surface area contributed by atoms with Crippen LogP contribution in [0, 0.1) is 46.1 Å². The Balaban J connectivity index is 1.04. The number of benzene rings is 2. The van der Waals surface area contributed by atoms with Crippen LogP contribution >= 0.6 is 0 Å². The summed E-state index contributed by atoms with van der Waals surface area (Å²) in [7, 11) is 0. The van der Waals surface area contributed by atoms with Gasteiger partial charge in [0.25, 0.3) is 0 Å². The van der Waals surface area contributed by atoms with Gasteiger partial charge >= 0.3 is 0 Å². The molecule has 0 N–H and O–H groups in total. The fourth-order valence-electron chi connectivity index (χ4n) is 9.88. The topological polar surface area (TPSA) is 108 Å². The van der Waals surface area contributed by atoms with Gasteiger partial charge in [0.15, 0.2) is 0 Å². The Morgan fingerprint density at radius 2 is 0.857 bits per heavy atom. The van der Waals surface area contributed by atoms with E-state index in [-0.39, 0.29) is 46.3 Å². The van der Waals surface area contributed by atoms with Gasteiger partial charge in [-0.1, -0.05) is 90.9 Å². The van der Waals surface area contributed by atoms with Gasteiger partial charge in [0.05, 0.1) is 11.1 Å². The summed E-state index contributed by atoms with van der Waals surface area (Å²) in [5, 5.41) is 19.5. The first-order valence-electron chi connectivity index (χ1n) is 24.6. The van der Waals surface area contributed by atoms with Crippen molar-refractivity contribution in [2.75, 3.05) is 0 Å². The van der Waals surface area contributed by atoms with Crippen molar-refractivity contribution in [3.63, 3.8) is 0 Å². The van der Waals surface area contributed by atoms with Gasteiger partial charge in [-0.3, -0.25) is 0 Å². The Kier molecular flexibility index (Phi) is 19.3. The summed E-state index contributed by atoms with van der Waals surface area (Å²) in [5.41, 5.74) is 3.00. The standard InChI is InChI=1S/C54H70F2N6O/c1-3-5-7-9-11-13-15-17-41-35-59-53(60-36-41)43-23-19-39(20-24-43)31-47-49(29-27-45(33-57)51(47)55)63-50-30-28-46(34-58)52(56)48(50)32-40-21-25-44(26-22-40)54-61-37-42(38-62-54)18-16-14-12-10-8-6-4-2/h27-30,35-40,43-44H,3-26,31-32H2,1-2H3. The molecule has 2 saturated carbocycles. The second-order valence-electron chi connectivity index (χ2n) is 18.6. The molecule has 4 aromatic rings. The van der Waals surface area contributed by atoms with Crippen molar-refractivity contribution in [1.82, 2.24) is 19.9 Å². The quantitative estimate of drug-likeness (QED) is 0.0646. The Morgan fingerprint density at radius 1 is 0.508 bits per heavy atom. The Labute approximate surface area is 376 Å². The van der Waals surface area contributed by atoms with Gasteiger partial charge in [0.1, 0.15) is 46.9 Å². The van der Waals surface area contributed by atoms with E-state index in [4.69, 9.17) is 24.7 Å². The Bertz CT molecular complexity index is 1930. The minimum Gasteiger partial charge on any atom is -0.457 e. The highest BCUT2D eigenvalue weighted by molar-refractivity contribution is 5.49. The van der Waals surface area contributed by atoms with Gasteiger partial charge in [0.2, 0.25) is 0 Å². The monoisotopic (exact) mass is 857 g/mol. The van der Waals surface area contributed by atoms with Crippen LogP contribution in [0.1, 0.15) is 212 Å². The van der Waals surface area contributed by atoms with Gasteiger partial charge in [-0.15, -0.1) is 0 Å². The Morgan fingerprint density at radius 3 is 1.21 bits per heavy atom. The number of nitriles is 2. The van der Waals surface area contributed by atoms with E-state index in [2.05, 4.69) is 13.8 Å². The van der Waals surface area contributed by atoms with Crippen LogP contribution in [-0.2, 0) is 25.7 Å². The van der Waals surface area contributed by atoms with Crippen molar-refractivity contribution >= 4 is 0 Å². The molecule has 9 heteroatoms. The molecule has 2 fully saturated rings. The van der Waals surface area contributed by atoms with Crippen molar-refractivity contribution in [2.24, 2.45) is 11.8 Å². The number of rotatable bonds is 24. The second-order valence-corrected chi connectivity index (χ2v) is 18.6. The fourth-order valence-corrected chi connectivity index (χ4v) is 9.88. The first-order chi connectivity index (χ1) is 30.9. The van der Waals surface area contributed by atoms with Crippen LogP contribution in [0.2, 0.25) is 0 Å². The molecule has 0 unspecified atom stereocenters. The van der Waals surface area contributed by atoms with E-state index >= 15 is 8.78 Å². The number of halogens is 2. The van der Waals surface area contributed by atoms with Crippen LogP contribution < -0.4 is 4.74 Å². The molecule has 0 aliphatic heterocycles. The molecule has 2 aliphatic carbocycles. The summed E-state index contributed by atoms with van der Waals surface area (Å²) in [5.74, 6) is 2.07. The fraction of sp³-hybridized carbons (Fsp3) is 0.593. The SMILES string of the molecule is CCCCCCCCCc1cnc(C2CCC(Cc3c(Oc4ccc(C#N)c(F)c4CC4CCC(c5ncc(CCCCCCCCC)cn5)CC4)ccc(C#N)c3F)CC2)nc1. The maximum atomic E-state index is 16.1. The molecule has 0 bridgehead atoms. The first-order valence-corrected chi connectivity index (χ1v) is 24.6. The predicted molar refractivity (Wildman–Crippen MR) is 247 cm³/mol. The zero-order chi connectivity index (χ0) is 44.2. The molecule has 6 rings (SSSR count). The lowest BCUT2D eigenvalue weighted by Crippen LogP contribution is -2.18. The van der Waals surface area contributed by atoms with E-state index in [1.807, 2.05) is 36.9 Å². The molecule has 0 atom stereocenters. The molecule has 7 nitrogen and oxygen atoms in total. The van der Waals surface area contributed by atoms with Gasteiger partial charge < -0.3 is 4.74 Å². The predicted octanol–water partition coefficient (Wildman–Crippen LogP) is 14.7. The van der Waals surface area contributed by atoms with Gasteiger partial charge in [0, 0.05) is 47.8 Å². The molecular formula is C54H70F2N6O. The van der Waals surface area contributed by atoms with Gasteiger partial charge in [-0.25, -0.2) is 28.7 Å². The smallest absolute Gasteiger partial charge is 0.147 e. The van der Waals surface area contributed by atoms with Crippen LogP contribution in [0.5, 0.6) is 11.5 Å². The molecule has 0 amide bonds. The van der Waals surface area contributed by atoms with Crippen LogP contribution in [0.4, 0.5) is 8.78 Å². The minimum atomic E-state index is -0.584. The van der Waals surface area contributed by atoms with E-state index < -0.39 is 11.6 Å². The summed E-state index contributed by atoms with van der Waals surface area (Å²) in [4.78, 5) is 19.1. The zero-order valence-electron chi connectivity index (χ0n) is 38.2. The maximum Gasteiger partial charge on any atom is 0.147 e. The van der Waals surface area contributed by atoms with Crippen LogP contribution in [0.3, 0.4) is 0 Å². The molecule has 2 heterocycles. The van der Waals surface area contributed by atoms with Gasteiger partial charge in [-0.05, 0) is 137 Å². The third-order valence-corrected chi connectivity index (χ3v) is 13.9.